The molecular formula is C17H22N4O4S. The zero-order valence-corrected chi connectivity index (χ0v) is 15.9. The normalized spacial score (nSPS) is 11.7. The van der Waals surface area contributed by atoms with Gasteiger partial charge in [-0.25, -0.2) is 13.4 Å². The lowest BCUT2D eigenvalue weighted by atomic mass is 9.92. The average Bonchev–Trinajstić information content (AvgIpc) is 2.53. The van der Waals surface area contributed by atoms with E-state index in [1.807, 2.05) is 20.8 Å². The van der Waals surface area contributed by atoms with Crippen LogP contribution in [0.5, 0.6) is 5.88 Å². The SMILES string of the molecule is CC(C)(C)c1nccnc1OCC(=O)Nc1ccc(NS(C)(=O)=O)cc1. The molecule has 0 fully saturated rings. The lowest BCUT2D eigenvalue weighted by molar-refractivity contribution is -0.118. The maximum absolute atomic E-state index is 12.1. The van der Waals surface area contributed by atoms with Gasteiger partial charge >= 0.3 is 0 Å². The first-order chi connectivity index (χ1) is 12.0. The van der Waals surface area contributed by atoms with Gasteiger partial charge in [0.15, 0.2) is 6.61 Å². The summed E-state index contributed by atoms with van der Waals surface area (Å²) in [7, 11) is -3.34. The number of hydrogen-bond donors (Lipinski definition) is 2. The van der Waals surface area contributed by atoms with Gasteiger partial charge in [-0.15, -0.1) is 0 Å². The van der Waals surface area contributed by atoms with Gasteiger partial charge in [0.05, 0.1) is 6.26 Å². The van der Waals surface area contributed by atoms with Crippen molar-refractivity contribution in [3.05, 3.63) is 42.4 Å². The third-order valence-corrected chi connectivity index (χ3v) is 3.79. The third kappa shape index (κ3) is 5.99. The molecule has 0 spiro atoms. The number of ether oxygens (including phenoxy) is 1. The molecule has 0 aliphatic rings. The van der Waals surface area contributed by atoms with E-state index in [0.29, 0.717) is 22.9 Å². The summed E-state index contributed by atoms with van der Waals surface area (Å²) in [6.07, 6.45) is 4.16. The van der Waals surface area contributed by atoms with Gasteiger partial charge in [-0.05, 0) is 24.3 Å². The lowest BCUT2D eigenvalue weighted by Crippen LogP contribution is -2.23. The van der Waals surface area contributed by atoms with E-state index in [0.717, 1.165) is 6.26 Å². The largest absolute Gasteiger partial charge is 0.466 e. The summed E-state index contributed by atoms with van der Waals surface area (Å²) in [4.78, 5) is 20.5. The second-order valence-corrected chi connectivity index (χ2v) is 8.50. The number of amides is 1. The van der Waals surface area contributed by atoms with Crippen molar-refractivity contribution < 1.29 is 17.9 Å². The minimum absolute atomic E-state index is 0.217. The van der Waals surface area contributed by atoms with Crippen LogP contribution < -0.4 is 14.8 Å². The van der Waals surface area contributed by atoms with Crippen LogP contribution in [0.4, 0.5) is 11.4 Å². The van der Waals surface area contributed by atoms with Crippen LogP contribution in [0.1, 0.15) is 26.5 Å². The molecule has 0 bridgehead atoms. The quantitative estimate of drug-likeness (QED) is 0.797. The fourth-order valence-electron chi connectivity index (χ4n) is 2.11. The zero-order valence-electron chi connectivity index (χ0n) is 15.1. The molecule has 1 aromatic carbocycles. The van der Waals surface area contributed by atoms with Gasteiger partial charge in [-0.3, -0.25) is 14.5 Å². The van der Waals surface area contributed by atoms with Gasteiger partial charge in [0.25, 0.3) is 5.91 Å². The number of carbonyl (C=O) groups is 1. The van der Waals surface area contributed by atoms with Crippen molar-refractivity contribution in [3.8, 4) is 5.88 Å². The highest BCUT2D eigenvalue weighted by Gasteiger charge is 2.22. The van der Waals surface area contributed by atoms with Crippen LogP contribution in [0.2, 0.25) is 0 Å². The van der Waals surface area contributed by atoms with Crippen molar-refractivity contribution in [3.63, 3.8) is 0 Å². The van der Waals surface area contributed by atoms with Gasteiger partial charge in [-0.2, -0.15) is 0 Å². The predicted molar refractivity (Wildman–Crippen MR) is 99.8 cm³/mol. The number of anilines is 2. The van der Waals surface area contributed by atoms with Gasteiger partial charge in [0, 0.05) is 29.2 Å². The minimum Gasteiger partial charge on any atom is -0.466 e. The van der Waals surface area contributed by atoms with E-state index in [9.17, 15) is 13.2 Å². The van der Waals surface area contributed by atoms with Gasteiger partial charge < -0.3 is 10.1 Å². The maximum atomic E-state index is 12.1. The lowest BCUT2D eigenvalue weighted by Gasteiger charge is -2.19. The number of benzene rings is 1. The van der Waals surface area contributed by atoms with Crippen molar-refractivity contribution in [1.82, 2.24) is 9.97 Å². The molecule has 1 heterocycles. The standard InChI is InChI=1S/C17H22N4O4S/c1-17(2,3)15-16(19-10-9-18-15)25-11-14(22)20-12-5-7-13(8-6-12)21-26(4,23)24/h5-10,21H,11H2,1-4H3,(H,20,22). The van der Waals surface area contributed by atoms with E-state index >= 15 is 0 Å². The monoisotopic (exact) mass is 378 g/mol. The van der Waals surface area contributed by atoms with Crippen molar-refractivity contribution in [2.75, 3.05) is 22.9 Å². The average molecular weight is 378 g/mol. The summed E-state index contributed by atoms with van der Waals surface area (Å²) in [6.45, 7) is 5.73. The number of nitrogens with one attached hydrogen (secondary N) is 2. The number of sulfonamides is 1. The molecular weight excluding hydrogens is 356 g/mol. The Hall–Kier alpha value is -2.68. The molecule has 2 rings (SSSR count). The van der Waals surface area contributed by atoms with Crippen LogP contribution in [-0.4, -0.2) is 37.2 Å². The van der Waals surface area contributed by atoms with E-state index in [4.69, 9.17) is 4.74 Å². The number of hydrogen-bond acceptors (Lipinski definition) is 6. The van der Waals surface area contributed by atoms with Crippen LogP contribution >= 0.6 is 0 Å². The van der Waals surface area contributed by atoms with E-state index in [1.54, 1.807) is 30.5 Å². The van der Waals surface area contributed by atoms with Crippen LogP contribution in [-0.2, 0) is 20.2 Å². The Morgan fingerprint density at radius 1 is 1.08 bits per heavy atom. The molecule has 8 nitrogen and oxygen atoms in total. The van der Waals surface area contributed by atoms with Gasteiger partial charge in [-0.1, -0.05) is 20.8 Å². The summed E-state index contributed by atoms with van der Waals surface area (Å²) in [5.74, 6) is -0.0396. The molecule has 1 amide bonds. The first-order valence-electron chi connectivity index (χ1n) is 7.86. The summed E-state index contributed by atoms with van der Waals surface area (Å²) < 4.78 is 30.2. The minimum atomic E-state index is -3.34. The topological polar surface area (TPSA) is 110 Å². The van der Waals surface area contributed by atoms with E-state index < -0.39 is 10.0 Å². The number of rotatable bonds is 6. The summed E-state index contributed by atoms with van der Waals surface area (Å²) in [5.41, 5.74) is 1.34. The summed E-state index contributed by atoms with van der Waals surface area (Å²) in [5, 5.41) is 2.67. The first kappa shape index (κ1) is 19.6. The Labute approximate surface area is 153 Å². The predicted octanol–water partition coefficient (Wildman–Crippen LogP) is 2.16. The third-order valence-electron chi connectivity index (χ3n) is 3.19. The number of aromatic nitrogens is 2. The Bertz CT molecular complexity index is 874. The molecule has 0 aliphatic carbocycles. The fraction of sp³-hybridized carbons (Fsp3) is 0.353. The molecule has 0 aliphatic heterocycles. The van der Waals surface area contributed by atoms with Crippen LogP contribution in [0.3, 0.4) is 0 Å². The molecule has 1 aromatic heterocycles. The maximum Gasteiger partial charge on any atom is 0.262 e. The van der Waals surface area contributed by atoms with Crippen LogP contribution in [0.15, 0.2) is 36.7 Å². The summed E-state index contributed by atoms with van der Waals surface area (Å²) in [6, 6.07) is 6.29. The van der Waals surface area contributed by atoms with Gasteiger partial charge in [0.1, 0.15) is 5.69 Å². The molecule has 2 N–H and O–H groups in total. The smallest absolute Gasteiger partial charge is 0.262 e. The molecule has 9 heteroatoms. The fourth-order valence-corrected chi connectivity index (χ4v) is 2.68. The van der Waals surface area contributed by atoms with E-state index in [1.165, 1.54) is 6.20 Å². The molecule has 26 heavy (non-hydrogen) atoms. The van der Waals surface area contributed by atoms with E-state index in [-0.39, 0.29) is 17.9 Å². The highest BCUT2D eigenvalue weighted by molar-refractivity contribution is 7.92. The van der Waals surface area contributed by atoms with Crippen LogP contribution in [0.25, 0.3) is 0 Å². The van der Waals surface area contributed by atoms with Gasteiger partial charge in [0.2, 0.25) is 15.9 Å². The molecule has 0 radical (unpaired) electrons. The Morgan fingerprint density at radius 2 is 1.65 bits per heavy atom. The number of carbonyl (C=O) groups excluding carboxylic acids is 1. The highest BCUT2D eigenvalue weighted by atomic mass is 32.2. The van der Waals surface area contributed by atoms with Crippen molar-refractivity contribution in [2.24, 2.45) is 0 Å². The van der Waals surface area contributed by atoms with Crippen molar-refractivity contribution in [2.45, 2.75) is 26.2 Å². The molecule has 0 saturated carbocycles. The Morgan fingerprint density at radius 3 is 2.23 bits per heavy atom. The number of nitrogens with zero attached hydrogens (tertiary/aromatic N) is 2. The first-order valence-corrected chi connectivity index (χ1v) is 9.76. The van der Waals surface area contributed by atoms with E-state index in [2.05, 4.69) is 20.0 Å². The molecule has 140 valence electrons. The van der Waals surface area contributed by atoms with Crippen molar-refractivity contribution in [1.29, 1.82) is 0 Å². The second kappa shape index (κ2) is 7.69. The second-order valence-electron chi connectivity index (χ2n) is 6.75. The van der Waals surface area contributed by atoms with Crippen molar-refractivity contribution >= 4 is 27.3 Å². The Kier molecular flexibility index (Phi) is 5.81. The Balaban J connectivity index is 1.96. The highest BCUT2D eigenvalue weighted by Crippen LogP contribution is 2.26. The molecule has 0 unspecified atom stereocenters. The molecule has 0 atom stereocenters. The molecule has 2 aromatic rings. The summed E-state index contributed by atoms with van der Waals surface area (Å²) >= 11 is 0. The zero-order chi connectivity index (χ0) is 19.4. The van der Waals surface area contributed by atoms with Crippen LogP contribution in [0, 0.1) is 0 Å². The molecule has 0 saturated heterocycles.